The van der Waals surface area contributed by atoms with Crippen LogP contribution in [0.4, 0.5) is 5.82 Å². The van der Waals surface area contributed by atoms with E-state index in [-0.39, 0.29) is 5.75 Å². The average molecular weight is 348 g/mol. The van der Waals surface area contributed by atoms with Crippen molar-refractivity contribution in [1.82, 2.24) is 9.97 Å². The molecule has 0 atom stereocenters. The lowest BCUT2D eigenvalue weighted by atomic mass is 10.2. The van der Waals surface area contributed by atoms with E-state index in [1.807, 2.05) is 18.2 Å². The first-order valence-electron chi connectivity index (χ1n) is 7.07. The molecule has 3 aromatic rings. The Hall–Kier alpha value is -2.03. The highest BCUT2D eigenvalue weighted by molar-refractivity contribution is 7.89. The van der Waals surface area contributed by atoms with Gasteiger partial charge in [0.25, 0.3) is 0 Å². The molecule has 8 heteroatoms. The number of hydrogen-bond donors (Lipinski definition) is 2. The lowest BCUT2D eigenvalue weighted by Crippen LogP contribution is -2.18. The Balaban J connectivity index is 1.80. The summed E-state index contributed by atoms with van der Waals surface area (Å²) in [6.07, 6.45) is 1.94. The van der Waals surface area contributed by atoms with Gasteiger partial charge in [-0.2, -0.15) is 0 Å². The second-order valence-electron chi connectivity index (χ2n) is 5.07. The topological polar surface area (TPSA) is 98.0 Å². The van der Waals surface area contributed by atoms with Crippen molar-refractivity contribution in [2.45, 2.75) is 6.42 Å². The summed E-state index contributed by atoms with van der Waals surface area (Å²) in [4.78, 5) is 10.6. The van der Waals surface area contributed by atoms with Gasteiger partial charge in [0.05, 0.1) is 11.1 Å². The summed E-state index contributed by atoms with van der Waals surface area (Å²) in [6.45, 7) is 0.485. The van der Waals surface area contributed by atoms with Crippen molar-refractivity contribution in [2.75, 3.05) is 17.6 Å². The molecule has 0 fully saturated rings. The summed E-state index contributed by atoms with van der Waals surface area (Å²) in [7, 11) is -3.42. The SMILES string of the molecule is NS(=O)(=O)CCCNc1ncnc2sc(-c3ccccc3)cc12. The third-order valence-corrected chi connectivity index (χ3v) is 5.24. The number of anilines is 1. The Kier molecular flexibility index (Phi) is 4.56. The molecule has 3 rings (SSSR count). The molecule has 3 N–H and O–H groups in total. The van der Waals surface area contributed by atoms with Gasteiger partial charge in [0.2, 0.25) is 10.0 Å². The molecule has 0 amide bonds. The van der Waals surface area contributed by atoms with Crippen molar-refractivity contribution >= 4 is 37.4 Å². The Labute approximate surface area is 138 Å². The van der Waals surface area contributed by atoms with Crippen molar-refractivity contribution in [3.05, 3.63) is 42.7 Å². The van der Waals surface area contributed by atoms with E-state index >= 15 is 0 Å². The third kappa shape index (κ3) is 4.04. The molecule has 0 saturated heterocycles. The number of aromatic nitrogens is 2. The highest BCUT2D eigenvalue weighted by Crippen LogP contribution is 2.34. The van der Waals surface area contributed by atoms with Gasteiger partial charge in [0.1, 0.15) is 17.0 Å². The quantitative estimate of drug-likeness (QED) is 0.667. The summed E-state index contributed by atoms with van der Waals surface area (Å²) >= 11 is 1.60. The minimum atomic E-state index is -3.42. The zero-order valence-electron chi connectivity index (χ0n) is 12.3. The number of nitrogens with zero attached hydrogens (tertiary/aromatic N) is 2. The Morgan fingerprint density at radius 2 is 1.96 bits per heavy atom. The first kappa shape index (κ1) is 15.9. The minimum Gasteiger partial charge on any atom is -0.369 e. The largest absolute Gasteiger partial charge is 0.369 e. The summed E-state index contributed by atoms with van der Waals surface area (Å²) in [5.74, 6) is 0.662. The van der Waals surface area contributed by atoms with Gasteiger partial charge in [-0.3, -0.25) is 0 Å². The fourth-order valence-electron chi connectivity index (χ4n) is 2.22. The predicted molar refractivity (Wildman–Crippen MR) is 93.9 cm³/mol. The van der Waals surface area contributed by atoms with Crippen molar-refractivity contribution in [1.29, 1.82) is 0 Å². The molecule has 0 aliphatic carbocycles. The van der Waals surface area contributed by atoms with Crippen molar-refractivity contribution in [2.24, 2.45) is 5.14 Å². The van der Waals surface area contributed by atoms with E-state index in [9.17, 15) is 8.42 Å². The first-order chi connectivity index (χ1) is 11.0. The van der Waals surface area contributed by atoms with Crippen LogP contribution < -0.4 is 10.5 Å². The van der Waals surface area contributed by atoms with E-state index in [0.717, 1.165) is 20.7 Å². The smallest absolute Gasteiger partial charge is 0.209 e. The zero-order chi connectivity index (χ0) is 16.3. The molecule has 0 bridgehead atoms. The van der Waals surface area contributed by atoms with Gasteiger partial charge in [-0.1, -0.05) is 30.3 Å². The number of rotatable bonds is 6. The van der Waals surface area contributed by atoms with E-state index in [2.05, 4.69) is 33.5 Å². The maximum Gasteiger partial charge on any atom is 0.209 e. The van der Waals surface area contributed by atoms with Gasteiger partial charge in [-0.05, 0) is 18.1 Å². The zero-order valence-corrected chi connectivity index (χ0v) is 13.9. The molecule has 23 heavy (non-hydrogen) atoms. The monoisotopic (exact) mass is 348 g/mol. The second kappa shape index (κ2) is 6.61. The van der Waals surface area contributed by atoms with Crippen LogP contribution in [0.1, 0.15) is 6.42 Å². The van der Waals surface area contributed by atoms with Crippen molar-refractivity contribution in [3.8, 4) is 10.4 Å². The predicted octanol–water partition coefficient (Wildman–Crippen LogP) is 2.45. The highest BCUT2D eigenvalue weighted by Gasteiger charge is 2.10. The maximum absolute atomic E-state index is 10.9. The number of hydrogen-bond acceptors (Lipinski definition) is 6. The second-order valence-corrected chi connectivity index (χ2v) is 7.83. The fraction of sp³-hybridized carbons (Fsp3) is 0.200. The molecule has 1 aromatic carbocycles. The first-order valence-corrected chi connectivity index (χ1v) is 9.60. The molecule has 0 spiro atoms. The maximum atomic E-state index is 10.9. The van der Waals surface area contributed by atoms with Crippen LogP contribution in [-0.4, -0.2) is 30.7 Å². The summed E-state index contributed by atoms with van der Waals surface area (Å²) < 4.78 is 21.9. The normalized spacial score (nSPS) is 11.7. The fourth-order valence-corrected chi connectivity index (χ4v) is 3.77. The van der Waals surface area contributed by atoms with Gasteiger partial charge in [0, 0.05) is 11.4 Å². The number of sulfonamides is 1. The van der Waals surface area contributed by atoms with Crippen LogP contribution >= 0.6 is 11.3 Å². The van der Waals surface area contributed by atoms with Crippen molar-refractivity contribution in [3.63, 3.8) is 0 Å². The van der Waals surface area contributed by atoms with E-state index in [4.69, 9.17) is 5.14 Å². The Morgan fingerprint density at radius 3 is 2.70 bits per heavy atom. The van der Waals surface area contributed by atoms with Crippen LogP contribution in [0.15, 0.2) is 42.7 Å². The minimum absolute atomic E-state index is 0.0485. The number of fused-ring (bicyclic) bond motifs is 1. The average Bonchev–Trinajstić information content (AvgIpc) is 2.96. The Bertz CT molecular complexity index is 908. The van der Waals surface area contributed by atoms with Gasteiger partial charge in [-0.25, -0.2) is 23.5 Å². The van der Waals surface area contributed by atoms with Crippen LogP contribution in [0.25, 0.3) is 20.7 Å². The number of primary sulfonamides is 1. The molecule has 0 aliphatic rings. The molecular formula is C15H16N4O2S2. The standard InChI is InChI=1S/C15H16N4O2S2/c16-23(20,21)8-4-7-17-14-12-9-13(11-5-2-1-3-6-11)22-15(12)19-10-18-14/h1-3,5-6,9-10H,4,7-8H2,(H2,16,20,21)(H,17,18,19). The molecule has 120 valence electrons. The summed E-state index contributed by atoms with van der Waals surface area (Å²) in [6, 6.07) is 12.1. The lowest BCUT2D eigenvalue weighted by Gasteiger charge is -2.05. The van der Waals surface area contributed by atoms with Crippen molar-refractivity contribution < 1.29 is 8.42 Å². The summed E-state index contributed by atoms with van der Waals surface area (Å²) in [5, 5.41) is 9.09. The van der Waals surface area contributed by atoms with Crippen LogP contribution in [0.3, 0.4) is 0 Å². The van der Waals surface area contributed by atoms with E-state index in [0.29, 0.717) is 18.8 Å². The molecule has 2 aromatic heterocycles. The summed E-state index contributed by atoms with van der Waals surface area (Å²) in [5.41, 5.74) is 1.13. The molecule has 0 radical (unpaired) electrons. The van der Waals surface area contributed by atoms with Crippen LogP contribution in [0, 0.1) is 0 Å². The molecule has 0 saturated carbocycles. The number of nitrogens with two attached hydrogens (primary N) is 1. The number of nitrogens with one attached hydrogen (secondary N) is 1. The number of benzene rings is 1. The molecule has 0 aliphatic heterocycles. The van der Waals surface area contributed by atoms with Gasteiger partial charge >= 0.3 is 0 Å². The molecule has 2 heterocycles. The van der Waals surface area contributed by atoms with Gasteiger partial charge in [0.15, 0.2) is 0 Å². The molecule has 6 nitrogen and oxygen atoms in total. The van der Waals surface area contributed by atoms with Gasteiger partial charge in [-0.15, -0.1) is 11.3 Å². The van der Waals surface area contributed by atoms with Crippen LogP contribution in [0.5, 0.6) is 0 Å². The van der Waals surface area contributed by atoms with E-state index in [1.165, 1.54) is 6.33 Å². The third-order valence-electron chi connectivity index (χ3n) is 3.29. The molecule has 0 unspecified atom stereocenters. The number of thiophene rings is 1. The highest BCUT2D eigenvalue weighted by atomic mass is 32.2. The van der Waals surface area contributed by atoms with Gasteiger partial charge < -0.3 is 5.32 Å². The van der Waals surface area contributed by atoms with Crippen LogP contribution in [0.2, 0.25) is 0 Å². The lowest BCUT2D eigenvalue weighted by molar-refractivity contribution is 0.596. The van der Waals surface area contributed by atoms with Crippen LogP contribution in [-0.2, 0) is 10.0 Å². The molecular weight excluding hydrogens is 332 g/mol. The van der Waals surface area contributed by atoms with E-state index < -0.39 is 10.0 Å². The Morgan fingerprint density at radius 1 is 1.17 bits per heavy atom. The van der Waals surface area contributed by atoms with E-state index in [1.54, 1.807) is 11.3 Å².